The first-order valence-corrected chi connectivity index (χ1v) is 2.53. The summed E-state index contributed by atoms with van der Waals surface area (Å²) in [7, 11) is 0. The first kappa shape index (κ1) is 8.35. The van der Waals surface area contributed by atoms with Crippen LogP contribution in [-0.4, -0.2) is 15.9 Å². The highest BCUT2D eigenvalue weighted by Gasteiger charge is 1.59. The van der Waals surface area contributed by atoms with Crippen LogP contribution in [0.2, 0.25) is 0 Å². The van der Waals surface area contributed by atoms with Gasteiger partial charge < -0.3 is 11.5 Å². The normalized spacial score (nSPS) is 7.20. The fourth-order valence-electron chi connectivity index (χ4n) is 0.253. The molecule has 0 fully saturated rings. The average Bonchev–Trinajstić information content (AvgIpc) is 1.90. The minimum Gasteiger partial charge on any atom is -0.370 e. The highest BCUT2D eigenvalue weighted by molar-refractivity contribution is 5.71. The minimum atomic E-state index is -0.333. The molecule has 5 heteroatoms. The van der Waals surface area contributed by atoms with E-state index in [1.165, 1.54) is 6.33 Å². The van der Waals surface area contributed by atoms with Crippen molar-refractivity contribution in [3.8, 4) is 0 Å². The molecule has 0 radical (unpaired) electrons. The lowest BCUT2D eigenvalue weighted by molar-refractivity contribution is 1.17. The van der Waals surface area contributed by atoms with Crippen LogP contribution in [-0.2, 0) is 0 Å². The maximum absolute atomic E-state index is 6.06. The Kier molecular flexibility index (Phi) is 4.58. The van der Waals surface area contributed by atoms with Crippen LogP contribution >= 0.6 is 0 Å². The topological polar surface area (TPSA) is 102 Å². The quantitative estimate of drug-likeness (QED) is 0.327. The summed E-state index contributed by atoms with van der Waals surface area (Å²) in [6.07, 6.45) is 4.88. The molecule has 54 valence electrons. The Balaban J connectivity index is 0.000000180. The third kappa shape index (κ3) is 9.61. The smallest absolute Gasteiger partial charge is 0.183 e. The fourth-order valence-corrected chi connectivity index (χ4v) is 0.253. The van der Waals surface area contributed by atoms with Crippen molar-refractivity contribution in [2.24, 2.45) is 11.5 Å². The van der Waals surface area contributed by atoms with Crippen LogP contribution in [0.15, 0.2) is 24.8 Å². The largest absolute Gasteiger partial charge is 0.370 e. The maximum Gasteiger partial charge on any atom is 0.183 e. The Morgan fingerprint density at radius 1 is 1.20 bits per heavy atom. The van der Waals surface area contributed by atoms with Gasteiger partial charge in [0.05, 0.1) is 0 Å². The van der Waals surface area contributed by atoms with Crippen molar-refractivity contribution in [1.29, 1.82) is 5.41 Å². The van der Waals surface area contributed by atoms with Gasteiger partial charge in [0.15, 0.2) is 5.96 Å². The third-order valence-corrected chi connectivity index (χ3v) is 0.478. The van der Waals surface area contributed by atoms with Crippen molar-refractivity contribution < 1.29 is 0 Å². The Morgan fingerprint density at radius 3 is 1.70 bits per heavy atom. The summed E-state index contributed by atoms with van der Waals surface area (Å²) in [5, 5.41) is 6.06. The Bertz CT molecular complexity index is 142. The van der Waals surface area contributed by atoms with E-state index in [2.05, 4.69) is 21.4 Å². The van der Waals surface area contributed by atoms with Gasteiger partial charge in [-0.15, -0.1) is 0 Å². The van der Waals surface area contributed by atoms with E-state index >= 15 is 0 Å². The van der Waals surface area contributed by atoms with Crippen molar-refractivity contribution in [3.63, 3.8) is 0 Å². The Hall–Kier alpha value is -1.65. The molecule has 0 aliphatic heterocycles. The fraction of sp³-hybridized carbons (Fsp3) is 0. The third-order valence-electron chi connectivity index (χ3n) is 0.478. The molecule has 0 unspecified atom stereocenters. The number of nitrogens with zero attached hydrogens (tertiary/aromatic N) is 2. The standard InChI is InChI=1S/C4H4N2.CH5N3/c1-2-5-4-6-3-1;2-1(3)4/h1-4H;(H5,2,3,4). The molecule has 5 nitrogen and oxygen atoms in total. The molecule has 0 atom stereocenters. The summed E-state index contributed by atoms with van der Waals surface area (Å²) in [6.45, 7) is 0. The zero-order chi connectivity index (χ0) is 7.82. The zero-order valence-electron chi connectivity index (χ0n) is 5.36. The van der Waals surface area contributed by atoms with E-state index in [0.29, 0.717) is 0 Å². The molecule has 0 saturated heterocycles. The minimum absolute atomic E-state index is 0.333. The predicted octanol–water partition coefficient (Wildman–Crippen LogP) is -0.685. The lowest BCUT2D eigenvalue weighted by atomic mass is 10.7. The van der Waals surface area contributed by atoms with Gasteiger partial charge in [0.2, 0.25) is 0 Å². The van der Waals surface area contributed by atoms with Crippen molar-refractivity contribution in [2.45, 2.75) is 0 Å². The van der Waals surface area contributed by atoms with Crippen LogP contribution in [0.25, 0.3) is 0 Å². The lowest BCUT2D eigenvalue weighted by Gasteiger charge is -1.70. The SMILES string of the molecule is N=C(N)N.c1cncnc1. The second kappa shape index (κ2) is 5.49. The summed E-state index contributed by atoms with van der Waals surface area (Å²) in [5.74, 6) is -0.333. The van der Waals surface area contributed by atoms with Crippen molar-refractivity contribution in [3.05, 3.63) is 24.8 Å². The molecule has 1 aromatic rings. The molecule has 0 amide bonds. The van der Waals surface area contributed by atoms with Gasteiger partial charge in [-0.05, 0) is 6.07 Å². The van der Waals surface area contributed by atoms with Crippen LogP contribution in [0.1, 0.15) is 0 Å². The van der Waals surface area contributed by atoms with Gasteiger partial charge in [-0.25, -0.2) is 9.97 Å². The number of hydrogen-bond donors (Lipinski definition) is 3. The second-order valence-electron chi connectivity index (χ2n) is 1.36. The predicted molar refractivity (Wildman–Crippen MR) is 38.1 cm³/mol. The van der Waals surface area contributed by atoms with Gasteiger partial charge in [-0.1, -0.05) is 0 Å². The highest BCUT2D eigenvalue weighted by Crippen LogP contribution is 1.66. The Labute approximate surface area is 58.6 Å². The molecular formula is C5H9N5. The lowest BCUT2D eigenvalue weighted by Crippen LogP contribution is -2.20. The number of aromatic nitrogens is 2. The molecule has 10 heavy (non-hydrogen) atoms. The van der Waals surface area contributed by atoms with E-state index in [1.807, 2.05) is 0 Å². The van der Waals surface area contributed by atoms with Crippen molar-refractivity contribution in [1.82, 2.24) is 9.97 Å². The summed E-state index contributed by atoms with van der Waals surface area (Å²) in [6, 6.07) is 1.78. The van der Waals surface area contributed by atoms with E-state index in [0.717, 1.165) is 0 Å². The van der Waals surface area contributed by atoms with Crippen LogP contribution < -0.4 is 11.5 Å². The molecule has 0 saturated carbocycles. The van der Waals surface area contributed by atoms with E-state index in [-0.39, 0.29) is 5.96 Å². The molecule has 5 N–H and O–H groups in total. The van der Waals surface area contributed by atoms with Gasteiger partial charge in [0.25, 0.3) is 0 Å². The van der Waals surface area contributed by atoms with Gasteiger partial charge >= 0.3 is 0 Å². The van der Waals surface area contributed by atoms with E-state index < -0.39 is 0 Å². The summed E-state index contributed by atoms with van der Waals surface area (Å²) >= 11 is 0. The molecular weight excluding hydrogens is 130 g/mol. The first-order valence-electron chi connectivity index (χ1n) is 2.53. The molecule has 1 rings (SSSR count). The Morgan fingerprint density at radius 2 is 1.60 bits per heavy atom. The van der Waals surface area contributed by atoms with Crippen molar-refractivity contribution in [2.75, 3.05) is 0 Å². The van der Waals surface area contributed by atoms with E-state index in [4.69, 9.17) is 5.41 Å². The van der Waals surface area contributed by atoms with Gasteiger partial charge in [0.1, 0.15) is 6.33 Å². The first-order chi connectivity index (χ1) is 4.73. The molecule has 1 heterocycles. The highest BCUT2D eigenvalue weighted by atomic mass is 14.9. The average molecular weight is 139 g/mol. The second-order valence-corrected chi connectivity index (χ2v) is 1.36. The summed E-state index contributed by atoms with van der Waals surface area (Å²) in [5.41, 5.74) is 8.94. The zero-order valence-corrected chi connectivity index (χ0v) is 5.36. The molecule has 0 spiro atoms. The molecule has 0 bridgehead atoms. The maximum atomic E-state index is 6.06. The van der Waals surface area contributed by atoms with Gasteiger partial charge in [-0.3, -0.25) is 5.41 Å². The van der Waals surface area contributed by atoms with E-state index in [9.17, 15) is 0 Å². The number of nitrogens with one attached hydrogen (secondary N) is 1. The number of hydrogen-bond acceptors (Lipinski definition) is 3. The van der Waals surface area contributed by atoms with Crippen LogP contribution in [0.5, 0.6) is 0 Å². The van der Waals surface area contributed by atoms with Gasteiger partial charge in [-0.2, -0.15) is 0 Å². The number of rotatable bonds is 0. The van der Waals surface area contributed by atoms with Gasteiger partial charge in [0, 0.05) is 12.4 Å². The van der Waals surface area contributed by atoms with Crippen LogP contribution in [0, 0.1) is 5.41 Å². The molecule has 0 aromatic carbocycles. The van der Waals surface area contributed by atoms with Crippen molar-refractivity contribution >= 4 is 5.96 Å². The molecule has 0 aliphatic carbocycles. The number of nitrogens with two attached hydrogens (primary N) is 2. The van der Waals surface area contributed by atoms with E-state index in [1.54, 1.807) is 18.5 Å². The number of guanidine groups is 1. The monoisotopic (exact) mass is 139 g/mol. The summed E-state index contributed by atoms with van der Waals surface area (Å²) in [4.78, 5) is 7.35. The summed E-state index contributed by atoms with van der Waals surface area (Å²) < 4.78 is 0. The van der Waals surface area contributed by atoms with Crippen LogP contribution in [0.4, 0.5) is 0 Å². The molecule has 1 aromatic heterocycles. The van der Waals surface area contributed by atoms with Crippen LogP contribution in [0.3, 0.4) is 0 Å². The molecule has 0 aliphatic rings.